The van der Waals surface area contributed by atoms with E-state index in [-0.39, 0.29) is 5.25 Å². The Balaban J connectivity index is 1.77. The topological polar surface area (TPSA) is 69.6 Å². The first-order valence-corrected chi connectivity index (χ1v) is 9.65. The lowest BCUT2D eigenvalue weighted by molar-refractivity contribution is 0.374. The van der Waals surface area contributed by atoms with E-state index >= 15 is 0 Å². The molecule has 6 nitrogen and oxygen atoms in total. The predicted molar refractivity (Wildman–Crippen MR) is 102 cm³/mol. The predicted octanol–water partition coefficient (Wildman–Crippen LogP) is 4.24. The molecule has 136 valence electrons. The van der Waals surface area contributed by atoms with Gasteiger partial charge in [-0.2, -0.15) is 4.98 Å². The van der Waals surface area contributed by atoms with Gasteiger partial charge in [-0.3, -0.25) is 0 Å². The number of hydrogen-bond acceptors (Lipinski definition) is 6. The van der Waals surface area contributed by atoms with Crippen molar-refractivity contribution < 1.29 is 4.52 Å². The van der Waals surface area contributed by atoms with E-state index in [0.717, 1.165) is 36.1 Å². The van der Waals surface area contributed by atoms with Crippen molar-refractivity contribution in [2.45, 2.75) is 50.1 Å². The zero-order valence-electron chi connectivity index (χ0n) is 15.1. The third kappa shape index (κ3) is 4.40. The molecule has 0 radical (unpaired) electrons. The van der Waals surface area contributed by atoms with Gasteiger partial charge in [-0.1, -0.05) is 60.3 Å². The molecule has 2 heterocycles. The Morgan fingerprint density at radius 1 is 1.27 bits per heavy atom. The van der Waals surface area contributed by atoms with Crippen LogP contribution < -0.4 is 0 Å². The SMILES string of the molecule is C=CCn1c(Cc2ccccc2)nnc1SC(C)c1nc(CCC)no1. The molecule has 0 N–H and O–H groups in total. The van der Waals surface area contributed by atoms with Gasteiger partial charge in [0, 0.05) is 19.4 Å². The second-order valence-corrected chi connectivity index (χ2v) is 7.33. The Labute approximate surface area is 157 Å². The lowest BCUT2D eigenvalue weighted by Crippen LogP contribution is -2.05. The van der Waals surface area contributed by atoms with Gasteiger partial charge in [0.15, 0.2) is 11.0 Å². The van der Waals surface area contributed by atoms with Gasteiger partial charge >= 0.3 is 0 Å². The first-order chi connectivity index (χ1) is 12.7. The van der Waals surface area contributed by atoms with Crippen molar-refractivity contribution in [2.75, 3.05) is 0 Å². The van der Waals surface area contributed by atoms with Crippen LogP contribution in [0.4, 0.5) is 0 Å². The van der Waals surface area contributed by atoms with E-state index in [4.69, 9.17) is 4.52 Å². The molecule has 0 aliphatic heterocycles. The quantitative estimate of drug-likeness (QED) is 0.415. The fraction of sp³-hybridized carbons (Fsp3) is 0.368. The molecule has 0 saturated heterocycles. The molecule has 0 aliphatic carbocycles. The Morgan fingerprint density at radius 3 is 2.81 bits per heavy atom. The van der Waals surface area contributed by atoms with E-state index in [0.29, 0.717) is 12.4 Å². The molecule has 0 amide bonds. The standard InChI is InChI=1S/C19H23N5OS/c1-4-9-16-20-18(25-23-16)14(3)26-19-22-21-17(24(19)12-5-2)13-15-10-7-6-8-11-15/h5-8,10-11,14H,2,4,9,12-13H2,1,3H3. The van der Waals surface area contributed by atoms with Gasteiger partial charge in [0.25, 0.3) is 0 Å². The number of aryl methyl sites for hydroxylation is 1. The van der Waals surface area contributed by atoms with E-state index < -0.39 is 0 Å². The zero-order valence-corrected chi connectivity index (χ0v) is 15.9. The molecular formula is C19H23N5OS. The van der Waals surface area contributed by atoms with Crippen LogP contribution in [-0.2, 0) is 19.4 Å². The highest BCUT2D eigenvalue weighted by atomic mass is 32.2. The second kappa shape index (κ2) is 8.80. The summed E-state index contributed by atoms with van der Waals surface area (Å²) in [7, 11) is 0. The number of hydrogen-bond donors (Lipinski definition) is 0. The third-order valence-electron chi connectivity index (χ3n) is 3.90. The van der Waals surface area contributed by atoms with Gasteiger partial charge in [-0.25, -0.2) is 0 Å². The van der Waals surface area contributed by atoms with Crippen molar-refractivity contribution in [3.05, 3.63) is 66.1 Å². The fourth-order valence-electron chi connectivity index (χ4n) is 2.59. The van der Waals surface area contributed by atoms with Crippen LogP contribution in [0.25, 0.3) is 0 Å². The average molecular weight is 369 g/mol. The molecule has 0 saturated carbocycles. The number of nitrogens with zero attached hydrogens (tertiary/aromatic N) is 5. The number of rotatable bonds is 9. The Bertz CT molecular complexity index is 843. The third-order valence-corrected chi connectivity index (χ3v) is 4.97. The number of thioether (sulfide) groups is 1. The zero-order chi connectivity index (χ0) is 18.4. The molecular weight excluding hydrogens is 346 g/mol. The van der Waals surface area contributed by atoms with Crippen LogP contribution in [0, 0.1) is 0 Å². The summed E-state index contributed by atoms with van der Waals surface area (Å²) in [4.78, 5) is 4.47. The molecule has 7 heteroatoms. The number of allylic oxidation sites excluding steroid dienone is 1. The van der Waals surface area contributed by atoms with Crippen LogP contribution in [0.2, 0.25) is 0 Å². The van der Waals surface area contributed by atoms with Crippen LogP contribution >= 0.6 is 11.8 Å². The molecule has 0 bridgehead atoms. The van der Waals surface area contributed by atoms with Crippen LogP contribution in [0.3, 0.4) is 0 Å². The summed E-state index contributed by atoms with van der Waals surface area (Å²) < 4.78 is 7.48. The van der Waals surface area contributed by atoms with Gasteiger partial charge in [-0.05, 0) is 18.9 Å². The average Bonchev–Trinajstić information content (AvgIpc) is 3.25. The summed E-state index contributed by atoms with van der Waals surface area (Å²) >= 11 is 1.57. The summed E-state index contributed by atoms with van der Waals surface area (Å²) in [5.41, 5.74) is 1.20. The summed E-state index contributed by atoms with van der Waals surface area (Å²) in [6.45, 7) is 8.66. The molecule has 0 spiro atoms. The Hall–Kier alpha value is -2.41. The maximum atomic E-state index is 5.39. The van der Waals surface area contributed by atoms with E-state index in [1.165, 1.54) is 5.56 Å². The molecule has 3 rings (SSSR count). The lowest BCUT2D eigenvalue weighted by Gasteiger charge is -2.09. The summed E-state index contributed by atoms with van der Waals surface area (Å²) in [5.74, 6) is 2.30. The molecule has 3 aromatic rings. The maximum Gasteiger partial charge on any atom is 0.239 e. The normalized spacial score (nSPS) is 12.2. The van der Waals surface area contributed by atoms with Crippen LogP contribution in [0.15, 0.2) is 52.7 Å². The fourth-order valence-corrected chi connectivity index (χ4v) is 3.50. The minimum atomic E-state index is 0.00504. The van der Waals surface area contributed by atoms with Gasteiger partial charge in [-0.15, -0.1) is 16.8 Å². The smallest absolute Gasteiger partial charge is 0.239 e. The first kappa shape index (κ1) is 18.4. The van der Waals surface area contributed by atoms with Gasteiger partial charge < -0.3 is 9.09 Å². The van der Waals surface area contributed by atoms with Crippen molar-refractivity contribution in [3.63, 3.8) is 0 Å². The molecule has 0 fully saturated rings. The number of aromatic nitrogens is 5. The van der Waals surface area contributed by atoms with Crippen LogP contribution in [-0.4, -0.2) is 24.9 Å². The van der Waals surface area contributed by atoms with Crippen molar-refractivity contribution >= 4 is 11.8 Å². The largest absolute Gasteiger partial charge is 0.338 e. The summed E-state index contributed by atoms with van der Waals surface area (Å²) in [6, 6.07) is 10.3. The van der Waals surface area contributed by atoms with Crippen LogP contribution in [0.5, 0.6) is 0 Å². The highest BCUT2D eigenvalue weighted by molar-refractivity contribution is 7.99. The summed E-state index contributed by atoms with van der Waals surface area (Å²) in [5, 5.41) is 13.6. The molecule has 26 heavy (non-hydrogen) atoms. The van der Waals surface area contributed by atoms with Gasteiger partial charge in [0.1, 0.15) is 5.82 Å². The van der Waals surface area contributed by atoms with E-state index in [2.05, 4.69) is 50.5 Å². The first-order valence-electron chi connectivity index (χ1n) is 8.77. The number of benzene rings is 1. The minimum absolute atomic E-state index is 0.00504. The molecule has 1 unspecified atom stereocenters. The highest BCUT2D eigenvalue weighted by Crippen LogP contribution is 2.33. The second-order valence-electron chi connectivity index (χ2n) is 6.02. The lowest BCUT2D eigenvalue weighted by atomic mass is 10.1. The monoisotopic (exact) mass is 369 g/mol. The molecule has 1 atom stereocenters. The van der Waals surface area contributed by atoms with Gasteiger partial charge in [0.2, 0.25) is 5.89 Å². The van der Waals surface area contributed by atoms with Crippen molar-refractivity contribution in [1.29, 1.82) is 0 Å². The highest BCUT2D eigenvalue weighted by Gasteiger charge is 2.20. The van der Waals surface area contributed by atoms with Crippen molar-refractivity contribution in [1.82, 2.24) is 24.9 Å². The van der Waals surface area contributed by atoms with Crippen LogP contribution in [0.1, 0.15) is 48.6 Å². The van der Waals surface area contributed by atoms with E-state index in [1.54, 1.807) is 11.8 Å². The van der Waals surface area contributed by atoms with Crippen molar-refractivity contribution in [2.24, 2.45) is 0 Å². The summed E-state index contributed by atoms with van der Waals surface area (Å²) in [6.07, 6.45) is 4.42. The Kier molecular flexibility index (Phi) is 6.22. The van der Waals surface area contributed by atoms with Crippen molar-refractivity contribution in [3.8, 4) is 0 Å². The Morgan fingerprint density at radius 2 is 2.08 bits per heavy atom. The molecule has 2 aromatic heterocycles. The molecule has 0 aliphatic rings. The van der Waals surface area contributed by atoms with E-state index in [1.807, 2.05) is 31.2 Å². The van der Waals surface area contributed by atoms with E-state index in [9.17, 15) is 0 Å². The van der Waals surface area contributed by atoms with Gasteiger partial charge in [0.05, 0.1) is 5.25 Å². The maximum absolute atomic E-state index is 5.39. The minimum Gasteiger partial charge on any atom is -0.338 e. The molecule has 1 aromatic carbocycles.